The van der Waals surface area contributed by atoms with Gasteiger partial charge in [-0.05, 0) is 6.92 Å². The Labute approximate surface area is 91.0 Å². The molecule has 0 atom stereocenters. The molecule has 0 unspecified atom stereocenters. The first kappa shape index (κ1) is 9.92. The van der Waals surface area contributed by atoms with Crippen molar-refractivity contribution in [3.63, 3.8) is 0 Å². The number of hydrogen-bond acceptors (Lipinski definition) is 5. The van der Waals surface area contributed by atoms with Gasteiger partial charge in [-0.1, -0.05) is 0 Å². The van der Waals surface area contributed by atoms with Crippen LogP contribution in [0.5, 0.6) is 0 Å². The highest BCUT2D eigenvalue weighted by Crippen LogP contribution is 2.10. The van der Waals surface area contributed by atoms with Gasteiger partial charge in [-0.15, -0.1) is 11.3 Å². The molecule has 0 fully saturated rings. The van der Waals surface area contributed by atoms with Crippen LogP contribution in [0.2, 0.25) is 0 Å². The number of Topliss-reactive ketones (excluding diaryl/α,β-unsaturated/α-hetero) is 1. The van der Waals surface area contributed by atoms with Gasteiger partial charge in [0.1, 0.15) is 6.33 Å². The zero-order valence-corrected chi connectivity index (χ0v) is 8.99. The van der Waals surface area contributed by atoms with E-state index in [2.05, 4.69) is 15.0 Å². The molecule has 0 spiro atoms. The normalized spacial score (nSPS) is 10.2. The van der Waals surface area contributed by atoms with Gasteiger partial charge in [0.25, 0.3) is 0 Å². The van der Waals surface area contributed by atoms with Crippen LogP contribution >= 0.6 is 11.3 Å². The number of hydrogen-bond donors (Lipinski definition) is 0. The van der Waals surface area contributed by atoms with Crippen molar-refractivity contribution in [1.82, 2.24) is 15.0 Å². The monoisotopic (exact) mass is 219 g/mol. The molecule has 5 heteroatoms. The third-order valence-corrected chi connectivity index (χ3v) is 2.71. The van der Waals surface area contributed by atoms with Crippen molar-refractivity contribution in [2.24, 2.45) is 0 Å². The first-order valence-electron chi connectivity index (χ1n) is 4.45. The maximum atomic E-state index is 11.7. The fourth-order valence-electron chi connectivity index (χ4n) is 1.20. The molecule has 15 heavy (non-hydrogen) atoms. The smallest absolute Gasteiger partial charge is 0.171 e. The average Bonchev–Trinajstić information content (AvgIpc) is 2.65. The van der Waals surface area contributed by atoms with Crippen LogP contribution in [-0.2, 0) is 6.42 Å². The lowest BCUT2D eigenvalue weighted by Gasteiger charge is -1.96. The van der Waals surface area contributed by atoms with Crippen LogP contribution in [0.25, 0.3) is 0 Å². The third-order valence-electron chi connectivity index (χ3n) is 1.89. The molecule has 2 rings (SSSR count). The van der Waals surface area contributed by atoms with Crippen molar-refractivity contribution in [3.8, 4) is 0 Å². The van der Waals surface area contributed by atoms with Crippen LogP contribution in [-0.4, -0.2) is 20.7 Å². The topological polar surface area (TPSA) is 55.7 Å². The highest BCUT2D eigenvalue weighted by Gasteiger charge is 2.09. The fraction of sp³-hybridized carbons (Fsp3) is 0.200. The summed E-state index contributed by atoms with van der Waals surface area (Å²) in [6.45, 7) is 1.92. The van der Waals surface area contributed by atoms with Crippen LogP contribution < -0.4 is 0 Å². The second kappa shape index (κ2) is 4.27. The van der Waals surface area contributed by atoms with E-state index in [9.17, 15) is 4.79 Å². The Hall–Kier alpha value is -1.62. The number of rotatable bonds is 3. The standard InChI is InChI=1S/C10H9N3OS/c1-7-13-9(5-15-7)2-10(14)8-3-11-6-12-4-8/h3-6H,2H2,1H3. The number of carbonyl (C=O) groups is 1. The summed E-state index contributed by atoms with van der Waals surface area (Å²) >= 11 is 1.55. The minimum absolute atomic E-state index is 0.000833. The first-order chi connectivity index (χ1) is 7.25. The maximum absolute atomic E-state index is 11.7. The lowest BCUT2D eigenvalue weighted by atomic mass is 10.1. The van der Waals surface area contributed by atoms with E-state index in [1.807, 2.05) is 12.3 Å². The van der Waals surface area contributed by atoms with Crippen molar-refractivity contribution in [2.75, 3.05) is 0 Å². The summed E-state index contributed by atoms with van der Waals surface area (Å²) in [5.74, 6) is 0.000833. The Bertz CT molecular complexity index is 467. The quantitative estimate of drug-likeness (QED) is 0.737. The molecule has 2 aromatic rings. The molecule has 0 amide bonds. The fourth-order valence-corrected chi connectivity index (χ4v) is 1.81. The molecule has 0 bridgehead atoms. The van der Waals surface area contributed by atoms with E-state index < -0.39 is 0 Å². The van der Waals surface area contributed by atoms with Crippen LogP contribution in [0.4, 0.5) is 0 Å². The number of carbonyl (C=O) groups excluding carboxylic acids is 1. The van der Waals surface area contributed by atoms with Crippen LogP contribution in [0.3, 0.4) is 0 Å². The molecule has 0 aliphatic rings. The van der Waals surface area contributed by atoms with Crippen molar-refractivity contribution in [3.05, 3.63) is 40.4 Å². The van der Waals surface area contributed by atoms with Gasteiger partial charge < -0.3 is 0 Å². The first-order valence-corrected chi connectivity index (χ1v) is 5.33. The average molecular weight is 219 g/mol. The van der Waals surface area contributed by atoms with E-state index in [1.165, 1.54) is 18.7 Å². The largest absolute Gasteiger partial charge is 0.294 e. The number of aryl methyl sites for hydroxylation is 1. The minimum Gasteiger partial charge on any atom is -0.294 e. The highest BCUT2D eigenvalue weighted by molar-refractivity contribution is 7.09. The Kier molecular flexibility index (Phi) is 2.82. The maximum Gasteiger partial charge on any atom is 0.171 e. The van der Waals surface area contributed by atoms with Crippen molar-refractivity contribution in [2.45, 2.75) is 13.3 Å². The van der Waals surface area contributed by atoms with Crippen LogP contribution in [0.15, 0.2) is 24.1 Å². The SMILES string of the molecule is Cc1nc(CC(=O)c2cncnc2)cs1. The van der Waals surface area contributed by atoms with Gasteiger partial charge in [-0.25, -0.2) is 15.0 Å². The lowest BCUT2D eigenvalue weighted by molar-refractivity contribution is 0.0991. The summed E-state index contributed by atoms with van der Waals surface area (Å²) in [5.41, 5.74) is 1.34. The van der Waals surface area contributed by atoms with Crippen molar-refractivity contribution >= 4 is 17.1 Å². The van der Waals surface area contributed by atoms with Crippen molar-refractivity contribution in [1.29, 1.82) is 0 Å². The molecule has 0 radical (unpaired) electrons. The summed E-state index contributed by atoms with van der Waals surface area (Å²) in [6.07, 6.45) is 4.77. The van der Waals surface area contributed by atoms with Gasteiger partial charge in [0.05, 0.1) is 22.7 Å². The van der Waals surface area contributed by atoms with Gasteiger partial charge in [0.2, 0.25) is 0 Å². The molecule has 0 aliphatic heterocycles. The number of nitrogens with zero attached hydrogens (tertiary/aromatic N) is 3. The predicted octanol–water partition coefficient (Wildman–Crippen LogP) is 1.67. The molecule has 2 aromatic heterocycles. The summed E-state index contributed by atoms with van der Waals surface area (Å²) in [4.78, 5) is 23.5. The van der Waals surface area contributed by atoms with Gasteiger partial charge in [-0.3, -0.25) is 4.79 Å². The molecule has 0 saturated heterocycles. The van der Waals surface area contributed by atoms with E-state index in [4.69, 9.17) is 0 Å². The zero-order valence-electron chi connectivity index (χ0n) is 8.17. The number of ketones is 1. The Balaban J connectivity index is 2.11. The summed E-state index contributed by atoms with van der Waals surface area (Å²) in [5, 5.41) is 2.87. The molecule has 4 nitrogen and oxygen atoms in total. The Morgan fingerprint density at radius 2 is 2.13 bits per heavy atom. The second-order valence-electron chi connectivity index (χ2n) is 3.08. The predicted molar refractivity (Wildman–Crippen MR) is 56.9 cm³/mol. The van der Waals surface area contributed by atoms with E-state index >= 15 is 0 Å². The van der Waals surface area contributed by atoms with Crippen LogP contribution in [0, 0.1) is 6.92 Å². The Morgan fingerprint density at radius 1 is 1.40 bits per heavy atom. The lowest BCUT2D eigenvalue weighted by Crippen LogP contribution is -2.04. The summed E-state index contributed by atoms with van der Waals surface area (Å²) in [7, 11) is 0. The number of aromatic nitrogens is 3. The highest BCUT2D eigenvalue weighted by atomic mass is 32.1. The van der Waals surface area contributed by atoms with Gasteiger partial charge in [0.15, 0.2) is 5.78 Å². The third kappa shape index (κ3) is 2.44. The molecule has 0 saturated carbocycles. The van der Waals surface area contributed by atoms with Gasteiger partial charge in [-0.2, -0.15) is 0 Å². The minimum atomic E-state index is 0.000833. The van der Waals surface area contributed by atoms with E-state index in [0.717, 1.165) is 10.7 Å². The van der Waals surface area contributed by atoms with E-state index in [0.29, 0.717) is 12.0 Å². The zero-order chi connectivity index (χ0) is 10.7. The molecule has 76 valence electrons. The second-order valence-corrected chi connectivity index (χ2v) is 4.15. The molecule has 0 aliphatic carbocycles. The van der Waals surface area contributed by atoms with Crippen LogP contribution in [0.1, 0.15) is 21.1 Å². The Morgan fingerprint density at radius 3 is 2.73 bits per heavy atom. The molecular formula is C10H9N3OS. The summed E-state index contributed by atoms with van der Waals surface area (Å²) < 4.78 is 0. The van der Waals surface area contributed by atoms with Gasteiger partial charge in [0, 0.05) is 17.8 Å². The van der Waals surface area contributed by atoms with E-state index in [-0.39, 0.29) is 5.78 Å². The molecule has 0 N–H and O–H groups in total. The molecule has 0 aromatic carbocycles. The molecular weight excluding hydrogens is 210 g/mol. The summed E-state index contributed by atoms with van der Waals surface area (Å²) in [6, 6.07) is 0. The molecule has 2 heterocycles. The van der Waals surface area contributed by atoms with Gasteiger partial charge >= 0.3 is 0 Å². The number of thiazole rings is 1. The van der Waals surface area contributed by atoms with E-state index in [1.54, 1.807) is 11.3 Å². The van der Waals surface area contributed by atoms with Crippen molar-refractivity contribution < 1.29 is 4.79 Å².